The average molecular weight is 352 g/mol. The van der Waals surface area contributed by atoms with Gasteiger partial charge >= 0.3 is 0 Å². The Labute approximate surface area is 149 Å². The highest BCUT2D eigenvalue weighted by molar-refractivity contribution is 7.09. The van der Waals surface area contributed by atoms with E-state index in [-0.39, 0.29) is 17.8 Å². The van der Waals surface area contributed by atoms with Crippen molar-refractivity contribution in [2.75, 3.05) is 19.6 Å². The molecule has 2 aromatic rings. The molecule has 4 heteroatoms. The van der Waals surface area contributed by atoms with E-state index < -0.39 is 0 Å². The number of rotatable bonds is 4. The summed E-state index contributed by atoms with van der Waals surface area (Å²) in [6.07, 6.45) is 2.31. The number of piperidine rings is 1. The number of nitrogens with zero attached hydrogens (tertiary/aromatic N) is 1. The third-order valence-corrected chi connectivity index (χ3v) is 6.26. The molecule has 1 aliphatic heterocycles. The van der Waals surface area contributed by atoms with Crippen LogP contribution in [0.5, 0.6) is 5.75 Å². The average Bonchev–Trinajstić information content (AvgIpc) is 3.02. The zero-order valence-electron chi connectivity index (χ0n) is 13.9. The Hall–Kier alpha value is -1.03. The molecular weight excluding hydrogens is 326 g/mol. The van der Waals surface area contributed by atoms with Gasteiger partial charge in [0.2, 0.25) is 0 Å². The summed E-state index contributed by atoms with van der Waals surface area (Å²) in [5.41, 5.74) is 1.44. The highest BCUT2D eigenvalue weighted by Crippen LogP contribution is 2.40. The van der Waals surface area contributed by atoms with E-state index in [2.05, 4.69) is 42.3 Å². The molecule has 2 heterocycles. The van der Waals surface area contributed by atoms with Gasteiger partial charge in [0.25, 0.3) is 0 Å². The Kier molecular flexibility index (Phi) is 6.12. The van der Waals surface area contributed by atoms with Gasteiger partial charge in [0, 0.05) is 18.0 Å². The molecule has 0 spiro atoms. The van der Waals surface area contributed by atoms with Crippen molar-refractivity contribution in [2.45, 2.75) is 32.1 Å². The van der Waals surface area contributed by atoms with Gasteiger partial charge in [-0.25, -0.2) is 0 Å². The summed E-state index contributed by atoms with van der Waals surface area (Å²) in [5.74, 6) is 0.970. The largest absolute Gasteiger partial charge is 0.508 e. The van der Waals surface area contributed by atoms with E-state index in [9.17, 15) is 5.11 Å². The Morgan fingerprint density at radius 1 is 1.30 bits per heavy atom. The Morgan fingerprint density at radius 2 is 2.13 bits per heavy atom. The van der Waals surface area contributed by atoms with Crippen molar-refractivity contribution in [2.24, 2.45) is 5.92 Å². The first-order valence-corrected chi connectivity index (χ1v) is 9.00. The van der Waals surface area contributed by atoms with E-state index in [4.69, 9.17) is 0 Å². The van der Waals surface area contributed by atoms with Gasteiger partial charge in [-0.2, -0.15) is 0 Å². The third kappa shape index (κ3) is 4.09. The number of hydrogen-bond donors (Lipinski definition) is 1. The van der Waals surface area contributed by atoms with Crippen molar-refractivity contribution in [3.8, 4) is 5.75 Å². The van der Waals surface area contributed by atoms with Crippen molar-refractivity contribution in [1.29, 1.82) is 0 Å². The minimum atomic E-state index is 0. The molecule has 0 aliphatic carbocycles. The van der Waals surface area contributed by atoms with Crippen molar-refractivity contribution in [3.63, 3.8) is 0 Å². The van der Waals surface area contributed by atoms with E-state index >= 15 is 0 Å². The van der Waals surface area contributed by atoms with Crippen molar-refractivity contribution in [3.05, 3.63) is 52.2 Å². The minimum absolute atomic E-state index is 0. The normalized spacial score (nSPS) is 25.0. The smallest absolute Gasteiger partial charge is 0.115 e. The van der Waals surface area contributed by atoms with Crippen molar-refractivity contribution in [1.82, 2.24) is 4.90 Å². The van der Waals surface area contributed by atoms with Gasteiger partial charge in [-0.15, -0.1) is 23.7 Å². The Morgan fingerprint density at radius 3 is 2.78 bits per heavy atom. The number of halogens is 1. The van der Waals surface area contributed by atoms with Crippen LogP contribution >= 0.6 is 23.7 Å². The lowest BCUT2D eigenvalue weighted by Gasteiger charge is -2.45. The zero-order valence-corrected chi connectivity index (χ0v) is 15.5. The van der Waals surface area contributed by atoms with Gasteiger partial charge < -0.3 is 10.0 Å². The van der Waals surface area contributed by atoms with Crippen molar-refractivity contribution >= 4 is 23.7 Å². The number of phenols is 1. The molecule has 2 unspecified atom stereocenters. The second kappa shape index (κ2) is 7.69. The molecule has 1 fully saturated rings. The molecular formula is C19H26ClNOS. The van der Waals surface area contributed by atoms with Crippen LogP contribution < -0.4 is 0 Å². The number of thiophene rings is 1. The summed E-state index contributed by atoms with van der Waals surface area (Å²) in [4.78, 5) is 4.07. The van der Waals surface area contributed by atoms with Crippen LogP contribution in [-0.2, 0) is 11.8 Å². The lowest BCUT2D eigenvalue weighted by molar-refractivity contribution is 0.112. The number of benzene rings is 1. The fourth-order valence-electron chi connectivity index (χ4n) is 3.53. The van der Waals surface area contributed by atoms with Gasteiger partial charge in [0.1, 0.15) is 5.75 Å². The minimum Gasteiger partial charge on any atom is -0.508 e. The number of aromatic hydroxyl groups is 1. The molecule has 0 saturated carbocycles. The second-order valence-corrected chi connectivity index (χ2v) is 7.78. The summed E-state index contributed by atoms with van der Waals surface area (Å²) in [5, 5.41) is 11.9. The summed E-state index contributed by atoms with van der Waals surface area (Å²) >= 11 is 1.86. The van der Waals surface area contributed by atoms with E-state index in [1.54, 1.807) is 6.07 Å². The Balaban J connectivity index is 0.00000192. The molecule has 1 N–H and O–H groups in total. The molecule has 1 aromatic heterocycles. The topological polar surface area (TPSA) is 23.5 Å². The summed E-state index contributed by atoms with van der Waals surface area (Å²) < 4.78 is 0. The summed E-state index contributed by atoms with van der Waals surface area (Å²) in [6, 6.07) is 12.2. The van der Waals surface area contributed by atoms with E-state index in [0.717, 1.165) is 32.5 Å². The fraction of sp³-hybridized carbons (Fsp3) is 0.474. The first kappa shape index (κ1) is 18.3. The van der Waals surface area contributed by atoms with Crippen LogP contribution in [0.15, 0.2) is 41.8 Å². The van der Waals surface area contributed by atoms with Crippen molar-refractivity contribution < 1.29 is 5.11 Å². The van der Waals surface area contributed by atoms with E-state index in [0.29, 0.717) is 11.7 Å². The van der Waals surface area contributed by atoms with Crippen LogP contribution in [0.3, 0.4) is 0 Å². The quantitative estimate of drug-likeness (QED) is 0.861. The molecule has 1 aromatic carbocycles. The van der Waals surface area contributed by atoms with Gasteiger partial charge in [-0.05, 0) is 59.9 Å². The molecule has 2 atom stereocenters. The summed E-state index contributed by atoms with van der Waals surface area (Å²) in [6.45, 7) is 8.13. The number of likely N-dealkylation sites (tertiary alicyclic amines) is 1. The molecule has 3 rings (SSSR count). The number of hydrogen-bond acceptors (Lipinski definition) is 3. The van der Waals surface area contributed by atoms with E-state index in [1.807, 2.05) is 23.5 Å². The molecule has 0 radical (unpaired) electrons. The molecule has 2 nitrogen and oxygen atoms in total. The fourth-order valence-corrected chi connectivity index (χ4v) is 4.23. The maximum atomic E-state index is 9.78. The predicted molar refractivity (Wildman–Crippen MR) is 101 cm³/mol. The highest BCUT2D eigenvalue weighted by atomic mass is 35.5. The third-order valence-electron chi connectivity index (χ3n) is 5.33. The Bertz CT molecular complexity index is 616. The van der Waals surface area contributed by atoms with Gasteiger partial charge in [-0.1, -0.05) is 32.0 Å². The molecule has 1 saturated heterocycles. The van der Waals surface area contributed by atoms with E-state index in [1.165, 1.54) is 10.4 Å². The van der Waals surface area contributed by atoms with Crippen LogP contribution in [0, 0.1) is 5.92 Å². The highest BCUT2D eigenvalue weighted by Gasteiger charge is 2.37. The van der Waals surface area contributed by atoms with Gasteiger partial charge in [-0.3, -0.25) is 0 Å². The standard InChI is InChI=1S/C19H25NOS.ClH/c1-15-14-20(10-8-18-7-4-12-22-18)11-9-19(15,2)16-5-3-6-17(21)13-16;/h3-7,12-13,15,21H,8-11,14H2,1-2H3;1H. The molecule has 23 heavy (non-hydrogen) atoms. The monoisotopic (exact) mass is 351 g/mol. The second-order valence-electron chi connectivity index (χ2n) is 6.75. The van der Waals surface area contributed by atoms with Gasteiger partial charge in [0.05, 0.1) is 0 Å². The van der Waals surface area contributed by atoms with Gasteiger partial charge in [0.15, 0.2) is 0 Å². The summed E-state index contributed by atoms with van der Waals surface area (Å²) in [7, 11) is 0. The van der Waals surface area contributed by atoms with Crippen LogP contribution in [0.1, 0.15) is 30.7 Å². The van der Waals surface area contributed by atoms with Crippen LogP contribution in [-0.4, -0.2) is 29.6 Å². The SMILES string of the molecule is CC1CN(CCc2cccs2)CCC1(C)c1cccc(O)c1.Cl. The zero-order chi connectivity index (χ0) is 15.6. The lowest BCUT2D eigenvalue weighted by Crippen LogP contribution is -2.47. The van der Waals surface area contributed by atoms with Crippen LogP contribution in [0.25, 0.3) is 0 Å². The van der Waals surface area contributed by atoms with Crippen LogP contribution in [0.4, 0.5) is 0 Å². The maximum absolute atomic E-state index is 9.78. The number of phenolic OH excluding ortho intramolecular Hbond substituents is 1. The first-order chi connectivity index (χ1) is 10.6. The molecule has 0 bridgehead atoms. The first-order valence-electron chi connectivity index (χ1n) is 8.12. The van der Waals surface area contributed by atoms with Crippen LogP contribution in [0.2, 0.25) is 0 Å². The molecule has 0 amide bonds. The molecule has 1 aliphatic rings. The lowest BCUT2D eigenvalue weighted by atomic mass is 9.68. The predicted octanol–water partition coefficient (Wildman–Crippen LogP) is 4.72. The molecule has 126 valence electrons. The maximum Gasteiger partial charge on any atom is 0.115 e.